The highest BCUT2D eigenvalue weighted by Crippen LogP contribution is 2.27. The number of pyridine rings is 2. The second-order valence-corrected chi connectivity index (χ2v) is 7.34. The monoisotopic (exact) mass is 402 g/mol. The van der Waals surface area contributed by atoms with E-state index in [-0.39, 0.29) is 25.6 Å². The SMILES string of the molecule is Cc1cc(CC(=O)Nc2ccc(-c3cccc(C)n3)cn2)c2c(c1)C(=O)N(C)C2=O.[HH]. The number of aromatic nitrogens is 2. The minimum atomic E-state index is -0.383. The molecule has 0 saturated heterocycles. The predicted molar refractivity (Wildman–Crippen MR) is 114 cm³/mol. The van der Waals surface area contributed by atoms with Crippen molar-refractivity contribution in [1.82, 2.24) is 14.9 Å². The second-order valence-electron chi connectivity index (χ2n) is 7.34. The maximum Gasteiger partial charge on any atom is 0.261 e. The summed E-state index contributed by atoms with van der Waals surface area (Å²) in [6.45, 7) is 3.75. The average molecular weight is 402 g/mol. The maximum atomic E-state index is 12.6. The highest BCUT2D eigenvalue weighted by Gasteiger charge is 2.35. The van der Waals surface area contributed by atoms with Crippen LogP contribution in [0.3, 0.4) is 0 Å². The first-order chi connectivity index (χ1) is 14.3. The van der Waals surface area contributed by atoms with Crippen molar-refractivity contribution in [2.75, 3.05) is 12.4 Å². The van der Waals surface area contributed by atoms with Gasteiger partial charge in [0.05, 0.1) is 23.2 Å². The van der Waals surface area contributed by atoms with Crippen LogP contribution < -0.4 is 5.32 Å². The fourth-order valence-corrected chi connectivity index (χ4v) is 3.55. The fraction of sp³-hybridized carbons (Fsp3) is 0.174. The quantitative estimate of drug-likeness (QED) is 0.675. The highest BCUT2D eigenvalue weighted by atomic mass is 16.2. The van der Waals surface area contributed by atoms with E-state index in [4.69, 9.17) is 0 Å². The summed E-state index contributed by atoms with van der Waals surface area (Å²) < 4.78 is 0. The van der Waals surface area contributed by atoms with E-state index in [1.807, 2.05) is 38.1 Å². The van der Waals surface area contributed by atoms with Crippen LogP contribution in [0.25, 0.3) is 11.3 Å². The molecule has 3 aromatic rings. The van der Waals surface area contributed by atoms with Gasteiger partial charge in [-0.25, -0.2) is 4.98 Å². The Morgan fingerprint density at radius 2 is 1.90 bits per heavy atom. The molecule has 152 valence electrons. The van der Waals surface area contributed by atoms with Crippen LogP contribution in [0.1, 0.15) is 39.0 Å². The molecule has 0 fully saturated rings. The molecule has 4 rings (SSSR count). The van der Waals surface area contributed by atoms with E-state index in [1.165, 1.54) is 7.05 Å². The molecule has 0 aliphatic carbocycles. The number of imide groups is 1. The number of aryl methyl sites for hydroxylation is 2. The minimum absolute atomic E-state index is 0. The zero-order chi connectivity index (χ0) is 21.4. The summed E-state index contributed by atoms with van der Waals surface area (Å²) in [5.74, 6) is -0.639. The predicted octanol–water partition coefficient (Wildman–Crippen LogP) is 3.41. The molecule has 30 heavy (non-hydrogen) atoms. The van der Waals surface area contributed by atoms with Gasteiger partial charge in [0.2, 0.25) is 5.91 Å². The van der Waals surface area contributed by atoms with Gasteiger partial charge in [0, 0.05) is 25.9 Å². The Hall–Kier alpha value is -3.87. The van der Waals surface area contributed by atoms with Crippen LogP contribution in [0.2, 0.25) is 0 Å². The number of rotatable bonds is 4. The molecule has 3 amide bonds. The second kappa shape index (κ2) is 7.51. The summed E-state index contributed by atoms with van der Waals surface area (Å²) in [6, 6.07) is 12.7. The number of fused-ring (bicyclic) bond motifs is 1. The first kappa shape index (κ1) is 19.4. The lowest BCUT2D eigenvalue weighted by molar-refractivity contribution is -0.115. The Labute approximate surface area is 175 Å². The summed E-state index contributed by atoms with van der Waals surface area (Å²) in [5.41, 5.74) is 4.57. The van der Waals surface area contributed by atoms with Crippen molar-refractivity contribution >= 4 is 23.5 Å². The summed E-state index contributed by atoms with van der Waals surface area (Å²) in [6.07, 6.45) is 1.62. The van der Waals surface area contributed by atoms with E-state index in [0.717, 1.165) is 27.4 Å². The third-order valence-electron chi connectivity index (χ3n) is 4.98. The molecular weight excluding hydrogens is 380 g/mol. The van der Waals surface area contributed by atoms with Gasteiger partial charge in [-0.05, 0) is 55.3 Å². The van der Waals surface area contributed by atoms with Gasteiger partial charge in [-0.15, -0.1) is 0 Å². The number of hydrogen-bond acceptors (Lipinski definition) is 5. The maximum absolute atomic E-state index is 12.6. The van der Waals surface area contributed by atoms with Crippen LogP contribution in [0.15, 0.2) is 48.7 Å². The Morgan fingerprint density at radius 3 is 2.60 bits per heavy atom. The van der Waals surface area contributed by atoms with E-state index >= 15 is 0 Å². The number of carbonyl (C=O) groups is 3. The Kier molecular flexibility index (Phi) is 4.87. The Bertz CT molecular complexity index is 1190. The number of nitrogens with one attached hydrogen (secondary N) is 1. The summed E-state index contributed by atoms with van der Waals surface area (Å²) in [4.78, 5) is 47.1. The lowest BCUT2D eigenvalue weighted by Crippen LogP contribution is -2.24. The van der Waals surface area contributed by atoms with Crippen molar-refractivity contribution in [3.8, 4) is 11.3 Å². The van der Waals surface area contributed by atoms with Gasteiger partial charge in [0.15, 0.2) is 0 Å². The van der Waals surface area contributed by atoms with Gasteiger partial charge in [-0.3, -0.25) is 24.3 Å². The molecule has 1 aliphatic heterocycles. The lowest BCUT2D eigenvalue weighted by atomic mass is 9.97. The lowest BCUT2D eigenvalue weighted by Gasteiger charge is -2.09. The zero-order valence-electron chi connectivity index (χ0n) is 16.9. The molecule has 1 N–H and O–H groups in total. The third kappa shape index (κ3) is 3.57. The van der Waals surface area contributed by atoms with Crippen molar-refractivity contribution < 1.29 is 15.8 Å². The average Bonchev–Trinajstić information content (AvgIpc) is 2.92. The smallest absolute Gasteiger partial charge is 0.261 e. The van der Waals surface area contributed by atoms with E-state index in [2.05, 4.69) is 15.3 Å². The third-order valence-corrected chi connectivity index (χ3v) is 4.98. The minimum Gasteiger partial charge on any atom is -0.310 e. The highest BCUT2D eigenvalue weighted by molar-refractivity contribution is 6.22. The number of hydrogen-bond donors (Lipinski definition) is 1. The van der Waals surface area contributed by atoms with Gasteiger partial charge >= 0.3 is 0 Å². The fourth-order valence-electron chi connectivity index (χ4n) is 3.55. The van der Waals surface area contributed by atoms with Crippen LogP contribution >= 0.6 is 0 Å². The topological polar surface area (TPSA) is 92.3 Å². The zero-order valence-corrected chi connectivity index (χ0v) is 16.9. The van der Waals surface area contributed by atoms with E-state index in [1.54, 1.807) is 24.4 Å². The number of carbonyl (C=O) groups excluding carboxylic acids is 3. The number of anilines is 1. The molecule has 7 nitrogen and oxygen atoms in total. The van der Waals surface area contributed by atoms with Crippen molar-refractivity contribution in [3.63, 3.8) is 0 Å². The first-order valence-electron chi connectivity index (χ1n) is 9.49. The molecule has 7 heteroatoms. The first-order valence-corrected chi connectivity index (χ1v) is 9.49. The summed E-state index contributed by atoms with van der Waals surface area (Å²) in [7, 11) is 1.44. The van der Waals surface area contributed by atoms with Crippen molar-refractivity contribution in [1.29, 1.82) is 0 Å². The van der Waals surface area contributed by atoms with Gasteiger partial charge in [-0.1, -0.05) is 12.1 Å². The molecular formula is C23H22N4O3. The number of nitrogens with zero attached hydrogens (tertiary/aromatic N) is 3. The normalized spacial score (nSPS) is 12.8. The van der Waals surface area contributed by atoms with Crippen molar-refractivity contribution in [3.05, 3.63) is 76.6 Å². The van der Waals surface area contributed by atoms with Crippen LogP contribution in [0, 0.1) is 13.8 Å². The van der Waals surface area contributed by atoms with E-state index in [9.17, 15) is 14.4 Å². The van der Waals surface area contributed by atoms with Crippen LogP contribution in [-0.4, -0.2) is 39.6 Å². The molecule has 1 aromatic carbocycles. The molecule has 3 heterocycles. The van der Waals surface area contributed by atoms with Gasteiger partial charge in [0.25, 0.3) is 11.8 Å². The summed E-state index contributed by atoms with van der Waals surface area (Å²) >= 11 is 0. The van der Waals surface area contributed by atoms with Gasteiger partial charge < -0.3 is 5.32 Å². The molecule has 0 unspecified atom stereocenters. The largest absolute Gasteiger partial charge is 0.310 e. The van der Waals surface area contributed by atoms with E-state index in [0.29, 0.717) is 22.5 Å². The van der Waals surface area contributed by atoms with Gasteiger partial charge in [-0.2, -0.15) is 0 Å². The van der Waals surface area contributed by atoms with Crippen LogP contribution in [-0.2, 0) is 11.2 Å². The molecule has 0 bridgehead atoms. The van der Waals surface area contributed by atoms with E-state index < -0.39 is 0 Å². The van der Waals surface area contributed by atoms with Gasteiger partial charge in [0.1, 0.15) is 5.82 Å². The summed E-state index contributed by atoms with van der Waals surface area (Å²) in [5, 5.41) is 2.75. The Balaban J connectivity index is 0.00000272. The van der Waals surface area contributed by atoms with Crippen LogP contribution in [0.5, 0.6) is 0 Å². The molecule has 0 atom stereocenters. The standard InChI is InChI=1S/C23H20N4O3.H2/c1-13-9-16(21-17(10-13)22(29)27(3)23(21)30)11-20(28)26-19-8-7-15(12-24-19)18-6-4-5-14(2)25-18;/h4-10,12H,11H2,1-3H3,(H,24,26,28);1H. The van der Waals surface area contributed by atoms with Crippen LogP contribution in [0.4, 0.5) is 5.82 Å². The number of benzene rings is 1. The molecule has 0 saturated carbocycles. The molecule has 0 spiro atoms. The number of amides is 3. The van der Waals surface area contributed by atoms with Crippen molar-refractivity contribution in [2.24, 2.45) is 0 Å². The Morgan fingerprint density at radius 1 is 1.10 bits per heavy atom. The molecule has 1 aliphatic rings. The molecule has 2 aromatic heterocycles. The van der Waals surface area contributed by atoms with Crippen molar-refractivity contribution in [2.45, 2.75) is 20.3 Å². The molecule has 0 radical (unpaired) electrons.